The third-order valence-corrected chi connectivity index (χ3v) is 3.89. The van der Waals surface area contributed by atoms with Crippen LogP contribution >= 0.6 is 22.9 Å². The highest BCUT2D eigenvalue weighted by atomic mass is 35.5. The van der Waals surface area contributed by atoms with Gasteiger partial charge in [-0.15, -0.1) is 10.2 Å². The molecule has 1 aromatic carbocycles. The van der Waals surface area contributed by atoms with Crippen LogP contribution in [0.2, 0.25) is 5.02 Å². The highest BCUT2D eigenvalue weighted by molar-refractivity contribution is 7.15. The van der Waals surface area contributed by atoms with Gasteiger partial charge in [0.15, 0.2) is 0 Å². The lowest BCUT2D eigenvalue weighted by Gasteiger charge is -2.12. The zero-order chi connectivity index (χ0) is 13.8. The summed E-state index contributed by atoms with van der Waals surface area (Å²) in [6.07, 6.45) is 0.981. The summed E-state index contributed by atoms with van der Waals surface area (Å²) in [7, 11) is 0. The number of anilines is 1. The van der Waals surface area contributed by atoms with E-state index in [0.717, 1.165) is 21.6 Å². The van der Waals surface area contributed by atoms with Gasteiger partial charge in [-0.3, -0.25) is 0 Å². The van der Waals surface area contributed by atoms with E-state index in [1.165, 1.54) is 5.56 Å². The van der Waals surface area contributed by atoms with Gasteiger partial charge < -0.3 is 5.32 Å². The summed E-state index contributed by atoms with van der Waals surface area (Å²) >= 11 is 7.52. The van der Waals surface area contributed by atoms with Gasteiger partial charge >= 0.3 is 0 Å². The van der Waals surface area contributed by atoms with Gasteiger partial charge in [0.2, 0.25) is 5.13 Å². The van der Waals surface area contributed by atoms with E-state index in [4.69, 9.17) is 11.6 Å². The molecule has 0 spiro atoms. The Kier molecular flexibility index (Phi) is 4.77. The highest BCUT2D eigenvalue weighted by Crippen LogP contribution is 2.24. The van der Waals surface area contributed by atoms with Crippen LogP contribution in [0.4, 0.5) is 5.13 Å². The summed E-state index contributed by atoms with van der Waals surface area (Å²) in [6.45, 7) is 6.47. The van der Waals surface area contributed by atoms with Crippen molar-refractivity contribution in [3.05, 3.63) is 39.9 Å². The molecule has 0 aliphatic heterocycles. The molecule has 1 N–H and O–H groups in total. The van der Waals surface area contributed by atoms with Gasteiger partial charge in [0.25, 0.3) is 0 Å². The second-order valence-corrected chi connectivity index (χ2v) is 6.52. The van der Waals surface area contributed by atoms with E-state index in [-0.39, 0.29) is 6.04 Å². The van der Waals surface area contributed by atoms with Crippen LogP contribution in [0.25, 0.3) is 0 Å². The lowest BCUT2D eigenvalue weighted by atomic mass is 10.1. The molecule has 2 rings (SSSR count). The molecule has 0 aliphatic rings. The summed E-state index contributed by atoms with van der Waals surface area (Å²) in [5.74, 6) is 0.606. The Labute approximate surface area is 123 Å². The monoisotopic (exact) mass is 295 g/mol. The Bertz CT molecular complexity index is 522. The van der Waals surface area contributed by atoms with E-state index < -0.39 is 0 Å². The number of hydrogen-bond donors (Lipinski definition) is 1. The molecule has 0 saturated heterocycles. The molecule has 1 unspecified atom stereocenters. The second-order valence-electron chi connectivity index (χ2n) is 5.02. The highest BCUT2D eigenvalue weighted by Gasteiger charge is 2.10. The Morgan fingerprint density at radius 3 is 2.47 bits per heavy atom. The van der Waals surface area contributed by atoms with Crippen molar-refractivity contribution >= 4 is 28.1 Å². The summed E-state index contributed by atoms with van der Waals surface area (Å²) in [6, 6.07) is 8.04. The minimum Gasteiger partial charge on any atom is -0.354 e. The molecule has 2 aromatic rings. The van der Waals surface area contributed by atoms with Crippen molar-refractivity contribution in [1.29, 1.82) is 0 Å². The average molecular weight is 296 g/mol. The molecule has 5 heteroatoms. The first-order valence-corrected chi connectivity index (χ1v) is 7.58. The maximum Gasteiger partial charge on any atom is 0.206 e. The smallest absolute Gasteiger partial charge is 0.206 e. The maximum atomic E-state index is 5.89. The number of nitrogens with zero attached hydrogens (tertiary/aromatic N) is 2. The molecular weight excluding hydrogens is 278 g/mol. The molecule has 1 aromatic heterocycles. The van der Waals surface area contributed by atoms with Crippen LogP contribution in [0.3, 0.4) is 0 Å². The van der Waals surface area contributed by atoms with E-state index in [2.05, 4.69) is 36.3 Å². The number of benzene rings is 1. The third kappa shape index (κ3) is 4.18. The van der Waals surface area contributed by atoms with E-state index in [1.807, 2.05) is 24.3 Å². The van der Waals surface area contributed by atoms with Gasteiger partial charge in [0, 0.05) is 11.4 Å². The minimum absolute atomic E-state index is 0.192. The van der Waals surface area contributed by atoms with Crippen molar-refractivity contribution in [3.63, 3.8) is 0 Å². The zero-order valence-corrected chi connectivity index (χ0v) is 12.9. The van der Waals surface area contributed by atoms with Crippen LogP contribution in [0.5, 0.6) is 0 Å². The summed E-state index contributed by atoms with van der Waals surface area (Å²) in [5.41, 5.74) is 1.19. The van der Waals surface area contributed by atoms with Crippen LogP contribution in [-0.2, 0) is 6.42 Å². The SMILES string of the molecule is CC(C)Cc1nnc(NC(C)c2ccc(Cl)cc2)s1. The van der Waals surface area contributed by atoms with Crippen molar-refractivity contribution in [2.45, 2.75) is 33.2 Å². The summed E-state index contributed by atoms with van der Waals surface area (Å²) in [4.78, 5) is 0. The lowest BCUT2D eigenvalue weighted by molar-refractivity contribution is 0.640. The van der Waals surface area contributed by atoms with Crippen LogP contribution in [0, 0.1) is 5.92 Å². The van der Waals surface area contributed by atoms with E-state index in [1.54, 1.807) is 11.3 Å². The third-order valence-electron chi connectivity index (χ3n) is 2.76. The van der Waals surface area contributed by atoms with Crippen LogP contribution in [0.15, 0.2) is 24.3 Å². The van der Waals surface area contributed by atoms with Crippen molar-refractivity contribution in [2.75, 3.05) is 5.32 Å². The average Bonchev–Trinajstić information content (AvgIpc) is 2.76. The first kappa shape index (κ1) is 14.3. The number of halogens is 1. The largest absolute Gasteiger partial charge is 0.354 e. The topological polar surface area (TPSA) is 37.8 Å². The number of hydrogen-bond acceptors (Lipinski definition) is 4. The summed E-state index contributed by atoms with van der Waals surface area (Å²) < 4.78 is 0. The Morgan fingerprint density at radius 1 is 1.16 bits per heavy atom. The van der Waals surface area contributed by atoms with Crippen LogP contribution < -0.4 is 5.32 Å². The van der Waals surface area contributed by atoms with E-state index in [0.29, 0.717) is 5.92 Å². The predicted molar refractivity (Wildman–Crippen MR) is 81.9 cm³/mol. The molecular formula is C14H18ClN3S. The first-order valence-electron chi connectivity index (χ1n) is 6.39. The lowest BCUT2D eigenvalue weighted by Crippen LogP contribution is -2.05. The molecule has 3 nitrogen and oxygen atoms in total. The van der Waals surface area contributed by atoms with Gasteiger partial charge in [-0.2, -0.15) is 0 Å². The van der Waals surface area contributed by atoms with Gasteiger partial charge in [0.1, 0.15) is 5.01 Å². The first-order chi connectivity index (χ1) is 9.04. The maximum absolute atomic E-state index is 5.89. The quantitative estimate of drug-likeness (QED) is 0.878. The number of aromatic nitrogens is 2. The van der Waals surface area contributed by atoms with Gasteiger partial charge in [-0.1, -0.05) is 48.9 Å². The van der Waals surface area contributed by atoms with Crippen molar-refractivity contribution in [1.82, 2.24) is 10.2 Å². The zero-order valence-electron chi connectivity index (χ0n) is 11.4. The Balaban J connectivity index is 2.00. The molecule has 1 atom stereocenters. The molecule has 0 amide bonds. The van der Waals surface area contributed by atoms with Crippen LogP contribution in [-0.4, -0.2) is 10.2 Å². The van der Waals surface area contributed by atoms with E-state index >= 15 is 0 Å². The van der Waals surface area contributed by atoms with E-state index in [9.17, 15) is 0 Å². The van der Waals surface area contributed by atoms with Crippen molar-refractivity contribution in [3.8, 4) is 0 Å². The molecule has 0 saturated carbocycles. The number of nitrogens with one attached hydrogen (secondary N) is 1. The molecule has 0 radical (unpaired) electrons. The minimum atomic E-state index is 0.192. The van der Waals surface area contributed by atoms with Crippen molar-refractivity contribution < 1.29 is 0 Å². The molecule has 1 heterocycles. The van der Waals surface area contributed by atoms with Crippen LogP contribution in [0.1, 0.15) is 37.4 Å². The number of rotatable bonds is 5. The standard InChI is InChI=1S/C14H18ClN3S/c1-9(2)8-13-17-18-14(19-13)16-10(3)11-4-6-12(15)7-5-11/h4-7,9-10H,8H2,1-3H3,(H,16,18). The molecule has 0 bridgehead atoms. The Morgan fingerprint density at radius 2 is 1.84 bits per heavy atom. The summed E-state index contributed by atoms with van der Waals surface area (Å²) in [5, 5.41) is 14.5. The van der Waals surface area contributed by atoms with Crippen molar-refractivity contribution in [2.24, 2.45) is 5.92 Å². The fourth-order valence-electron chi connectivity index (χ4n) is 1.76. The van der Waals surface area contributed by atoms with Gasteiger partial charge in [0.05, 0.1) is 6.04 Å². The fraction of sp³-hybridized carbons (Fsp3) is 0.429. The molecule has 19 heavy (non-hydrogen) atoms. The predicted octanol–water partition coefficient (Wildman–Crippen LogP) is 4.56. The normalized spacial score (nSPS) is 12.7. The Hall–Kier alpha value is -1.13. The van der Waals surface area contributed by atoms with Gasteiger partial charge in [-0.25, -0.2) is 0 Å². The fourth-order valence-corrected chi connectivity index (χ4v) is 2.93. The van der Waals surface area contributed by atoms with Gasteiger partial charge in [-0.05, 0) is 30.5 Å². The second kappa shape index (κ2) is 6.35. The molecule has 0 aliphatic carbocycles. The molecule has 102 valence electrons. The molecule has 0 fully saturated rings.